The molecule has 0 atom stereocenters. The SMILES string of the molecule is CN(Cc1cccc2ncccc12)C(=O)c1cn[nH]c1-c1cccc(F)c1. The average Bonchev–Trinajstić information content (AvgIpc) is 3.17. The number of pyridine rings is 1. The molecular weight excluding hydrogens is 343 g/mol. The van der Waals surface area contributed by atoms with Gasteiger partial charge in [0, 0.05) is 30.7 Å². The highest BCUT2D eigenvalue weighted by atomic mass is 19.1. The van der Waals surface area contributed by atoms with Crippen molar-refractivity contribution in [3.05, 3.63) is 83.9 Å². The van der Waals surface area contributed by atoms with E-state index in [0.717, 1.165) is 16.5 Å². The van der Waals surface area contributed by atoms with Gasteiger partial charge in [-0.25, -0.2) is 4.39 Å². The van der Waals surface area contributed by atoms with Crippen LogP contribution in [0.5, 0.6) is 0 Å². The van der Waals surface area contributed by atoms with Crippen molar-refractivity contribution in [2.45, 2.75) is 6.54 Å². The van der Waals surface area contributed by atoms with E-state index in [1.165, 1.54) is 18.3 Å². The number of amides is 1. The number of aromatic nitrogens is 3. The van der Waals surface area contributed by atoms with E-state index < -0.39 is 0 Å². The molecule has 0 aliphatic carbocycles. The lowest BCUT2D eigenvalue weighted by Crippen LogP contribution is -2.26. The first-order valence-electron chi connectivity index (χ1n) is 8.51. The molecule has 2 heterocycles. The van der Waals surface area contributed by atoms with Crippen molar-refractivity contribution in [3.8, 4) is 11.3 Å². The normalized spacial score (nSPS) is 10.9. The number of carbonyl (C=O) groups is 1. The highest BCUT2D eigenvalue weighted by Gasteiger charge is 2.20. The Labute approximate surface area is 155 Å². The van der Waals surface area contributed by atoms with E-state index in [2.05, 4.69) is 15.2 Å². The van der Waals surface area contributed by atoms with Crippen molar-refractivity contribution in [2.75, 3.05) is 7.05 Å². The van der Waals surface area contributed by atoms with Crippen LogP contribution in [0.3, 0.4) is 0 Å². The lowest BCUT2D eigenvalue weighted by Gasteiger charge is -2.18. The molecule has 0 aliphatic heterocycles. The number of nitrogens with zero attached hydrogens (tertiary/aromatic N) is 3. The largest absolute Gasteiger partial charge is 0.337 e. The van der Waals surface area contributed by atoms with Gasteiger partial charge in [0.2, 0.25) is 0 Å². The summed E-state index contributed by atoms with van der Waals surface area (Å²) in [6, 6.07) is 15.8. The minimum absolute atomic E-state index is 0.191. The minimum Gasteiger partial charge on any atom is -0.337 e. The molecule has 2 aromatic heterocycles. The van der Waals surface area contributed by atoms with Gasteiger partial charge in [0.25, 0.3) is 5.91 Å². The number of hydrogen-bond acceptors (Lipinski definition) is 3. The maximum absolute atomic E-state index is 13.6. The first-order valence-corrected chi connectivity index (χ1v) is 8.51. The third-order valence-corrected chi connectivity index (χ3v) is 4.47. The summed E-state index contributed by atoms with van der Waals surface area (Å²) in [5.74, 6) is -0.555. The van der Waals surface area contributed by atoms with Crippen molar-refractivity contribution in [1.29, 1.82) is 0 Å². The van der Waals surface area contributed by atoms with E-state index in [9.17, 15) is 9.18 Å². The molecule has 5 nitrogen and oxygen atoms in total. The molecule has 6 heteroatoms. The molecule has 0 saturated carbocycles. The first-order chi connectivity index (χ1) is 13.1. The van der Waals surface area contributed by atoms with Gasteiger partial charge in [-0.3, -0.25) is 14.9 Å². The quantitative estimate of drug-likeness (QED) is 0.597. The maximum Gasteiger partial charge on any atom is 0.257 e. The Balaban J connectivity index is 1.63. The van der Waals surface area contributed by atoms with Crippen LogP contribution in [0.15, 0.2) is 67.0 Å². The van der Waals surface area contributed by atoms with Crippen LogP contribution in [0, 0.1) is 5.82 Å². The molecular formula is C21H17FN4O. The second kappa shape index (κ2) is 6.99. The van der Waals surface area contributed by atoms with Crippen LogP contribution < -0.4 is 0 Å². The molecule has 0 unspecified atom stereocenters. The fourth-order valence-corrected chi connectivity index (χ4v) is 3.15. The summed E-state index contributed by atoms with van der Waals surface area (Å²) in [5.41, 5.74) is 3.39. The smallest absolute Gasteiger partial charge is 0.257 e. The number of carbonyl (C=O) groups excluding carboxylic acids is 1. The fraction of sp³-hybridized carbons (Fsp3) is 0.0952. The summed E-state index contributed by atoms with van der Waals surface area (Å²) in [6.07, 6.45) is 3.22. The van der Waals surface area contributed by atoms with E-state index in [-0.39, 0.29) is 11.7 Å². The van der Waals surface area contributed by atoms with Crippen molar-refractivity contribution in [2.24, 2.45) is 0 Å². The van der Waals surface area contributed by atoms with Crippen molar-refractivity contribution in [3.63, 3.8) is 0 Å². The van der Waals surface area contributed by atoms with Gasteiger partial charge < -0.3 is 4.90 Å². The second-order valence-corrected chi connectivity index (χ2v) is 6.32. The molecule has 0 fully saturated rings. The van der Waals surface area contributed by atoms with Crippen LogP contribution >= 0.6 is 0 Å². The van der Waals surface area contributed by atoms with Gasteiger partial charge in [0.1, 0.15) is 5.82 Å². The Bertz CT molecular complexity index is 1120. The third kappa shape index (κ3) is 3.29. The zero-order chi connectivity index (χ0) is 18.8. The van der Waals surface area contributed by atoms with E-state index in [1.807, 2.05) is 30.3 Å². The number of fused-ring (bicyclic) bond motifs is 1. The standard InChI is InChI=1S/C21H17FN4O/c1-26(13-15-6-3-9-19-17(15)8-4-10-23-19)21(27)18-12-24-25-20(18)14-5-2-7-16(22)11-14/h2-12H,13H2,1H3,(H,24,25). The zero-order valence-corrected chi connectivity index (χ0v) is 14.7. The Morgan fingerprint density at radius 3 is 2.85 bits per heavy atom. The first kappa shape index (κ1) is 16.9. The van der Waals surface area contributed by atoms with Gasteiger partial charge >= 0.3 is 0 Å². The van der Waals surface area contributed by atoms with E-state index in [1.54, 1.807) is 30.3 Å². The summed E-state index contributed by atoms with van der Waals surface area (Å²) in [7, 11) is 1.74. The molecule has 1 amide bonds. The molecule has 0 spiro atoms. The third-order valence-electron chi connectivity index (χ3n) is 4.47. The average molecular weight is 360 g/mol. The lowest BCUT2D eigenvalue weighted by atomic mass is 10.1. The Hall–Kier alpha value is -3.54. The Kier molecular flexibility index (Phi) is 4.38. The highest BCUT2D eigenvalue weighted by Crippen LogP contribution is 2.24. The molecule has 0 bridgehead atoms. The summed E-state index contributed by atoms with van der Waals surface area (Å²) >= 11 is 0. The minimum atomic E-state index is -0.364. The topological polar surface area (TPSA) is 61.9 Å². The van der Waals surface area contributed by atoms with E-state index >= 15 is 0 Å². The van der Waals surface area contributed by atoms with Crippen LogP contribution in [-0.4, -0.2) is 33.0 Å². The highest BCUT2D eigenvalue weighted by molar-refractivity contribution is 5.99. The molecule has 4 aromatic rings. The molecule has 2 aromatic carbocycles. The molecule has 4 rings (SSSR count). The van der Waals surface area contributed by atoms with E-state index in [4.69, 9.17) is 0 Å². The number of hydrogen-bond donors (Lipinski definition) is 1. The summed E-state index contributed by atoms with van der Waals surface area (Å²) in [6.45, 7) is 0.426. The number of aromatic amines is 1. The molecule has 0 aliphatic rings. The van der Waals surface area contributed by atoms with Gasteiger partial charge in [0.05, 0.1) is 23.0 Å². The van der Waals surface area contributed by atoms with Crippen molar-refractivity contribution >= 4 is 16.8 Å². The van der Waals surface area contributed by atoms with Gasteiger partial charge in [0.15, 0.2) is 0 Å². The molecule has 27 heavy (non-hydrogen) atoms. The van der Waals surface area contributed by atoms with Crippen LogP contribution in [0.4, 0.5) is 4.39 Å². The zero-order valence-electron chi connectivity index (χ0n) is 14.7. The lowest BCUT2D eigenvalue weighted by molar-refractivity contribution is 0.0786. The predicted octanol–water partition coefficient (Wildman–Crippen LogP) is 4.04. The number of rotatable bonds is 4. The van der Waals surface area contributed by atoms with Gasteiger partial charge in [-0.05, 0) is 29.8 Å². The summed E-state index contributed by atoms with van der Waals surface area (Å²) in [4.78, 5) is 19.0. The van der Waals surface area contributed by atoms with Crippen LogP contribution in [0.25, 0.3) is 22.2 Å². The number of H-pyrrole nitrogens is 1. The Morgan fingerprint density at radius 1 is 1.15 bits per heavy atom. The summed E-state index contributed by atoms with van der Waals surface area (Å²) < 4.78 is 13.6. The molecule has 134 valence electrons. The molecule has 0 radical (unpaired) electrons. The molecule has 1 N–H and O–H groups in total. The second-order valence-electron chi connectivity index (χ2n) is 6.32. The van der Waals surface area contributed by atoms with Gasteiger partial charge in [-0.2, -0.15) is 5.10 Å². The van der Waals surface area contributed by atoms with Crippen molar-refractivity contribution in [1.82, 2.24) is 20.1 Å². The predicted molar refractivity (Wildman–Crippen MR) is 102 cm³/mol. The molecule has 0 saturated heterocycles. The fourth-order valence-electron chi connectivity index (χ4n) is 3.15. The van der Waals surface area contributed by atoms with Crippen LogP contribution in [0.2, 0.25) is 0 Å². The van der Waals surface area contributed by atoms with Crippen LogP contribution in [0.1, 0.15) is 15.9 Å². The Morgan fingerprint density at radius 2 is 2.00 bits per heavy atom. The monoisotopic (exact) mass is 360 g/mol. The number of halogens is 1. The van der Waals surface area contributed by atoms with Crippen molar-refractivity contribution < 1.29 is 9.18 Å². The maximum atomic E-state index is 13.6. The van der Waals surface area contributed by atoms with Gasteiger partial charge in [-0.1, -0.05) is 30.3 Å². The van der Waals surface area contributed by atoms with E-state index in [0.29, 0.717) is 23.4 Å². The van der Waals surface area contributed by atoms with Gasteiger partial charge in [-0.15, -0.1) is 0 Å². The number of nitrogens with one attached hydrogen (secondary N) is 1. The summed E-state index contributed by atoms with van der Waals surface area (Å²) in [5, 5.41) is 7.80. The van der Waals surface area contributed by atoms with Crippen LogP contribution in [-0.2, 0) is 6.54 Å². The number of benzene rings is 2.